The number of amides is 2. The zero-order chi connectivity index (χ0) is 28.6. The van der Waals surface area contributed by atoms with Gasteiger partial charge in [0.05, 0.1) is 13.7 Å². The molecule has 0 aromatic heterocycles. The van der Waals surface area contributed by atoms with Gasteiger partial charge in [0.15, 0.2) is 12.4 Å². The minimum Gasteiger partial charge on any atom is -0.497 e. The average molecular weight is 547 g/mol. The number of rotatable bonds is 12. The van der Waals surface area contributed by atoms with E-state index in [1.54, 1.807) is 26.0 Å². The first kappa shape index (κ1) is 29.1. The lowest BCUT2D eigenvalue weighted by Gasteiger charge is -2.33. The highest BCUT2D eigenvalue weighted by atomic mass is 16.7. The summed E-state index contributed by atoms with van der Waals surface area (Å²) in [5, 5.41) is 0. The number of methoxy groups -OCH3 is 1. The molecule has 8 nitrogen and oxygen atoms in total. The molecule has 0 fully saturated rings. The van der Waals surface area contributed by atoms with Crippen LogP contribution in [0.2, 0.25) is 0 Å². The molecular formula is C32H38N2O6. The fraction of sp³-hybridized carbons (Fsp3) is 0.375. The highest BCUT2D eigenvalue weighted by Gasteiger charge is 2.35. The maximum atomic E-state index is 13.8. The van der Waals surface area contributed by atoms with Crippen LogP contribution in [-0.2, 0) is 25.5 Å². The van der Waals surface area contributed by atoms with E-state index in [-0.39, 0.29) is 12.5 Å². The van der Waals surface area contributed by atoms with E-state index < -0.39 is 24.5 Å². The van der Waals surface area contributed by atoms with Crippen LogP contribution in [0, 0.1) is 0 Å². The Balaban J connectivity index is 1.52. The second kappa shape index (κ2) is 13.5. The summed E-state index contributed by atoms with van der Waals surface area (Å²) in [6.07, 6.45) is -1.71. The van der Waals surface area contributed by atoms with Gasteiger partial charge in [-0.05, 0) is 49.6 Å². The number of nitrogens with zero attached hydrogens (tertiary/aromatic N) is 2. The van der Waals surface area contributed by atoms with E-state index in [1.165, 1.54) is 4.90 Å². The first-order valence-corrected chi connectivity index (χ1v) is 13.6. The lowest BCUT2D eigenvalue weighted by atomic mass is 10.1. The van der Waals surface area contributed by atoms with Crippen LogP contribution in [0.5, 0.6) is 5.75 Å². The molecule has 40 heavy (non-hydrogen) atoms. The average Bonchev–Trinajstić information content (AvgIpc) is 3.29. The highest BCUT2D eigenvalue weighted by Crippen LogP contribution is 2.45. The van der Waals surface area contributed by atoms with E-state index in [0.717, 1.165) is 33.6 Å². The molecule has 212 valence electrons. The molecule has 4 rings (SSSR count). The highest BCUT2D eigenvalue weighted by molar-refractivity contribution is 5.86. The van der Waals surface area contributed by atoms with Crippen molar-refractivity contribution in [2.45, 2.75) is 45.8 Å². The number of fused-ring (bicyclic) bond motifs is 3. The monoisotopic (exact) mass is 546 g/mol. The lowest BCUT2D eigenvalue weighted by molar-refractivity contribution is -0.162. The van der Waals surface area contributed by atoms with E-state index in [2.05, 4.69) is 0 Å². The van der Waals surface area contributed by atoms with E-state index in [0.29, 0.717) is 19.8 Å². The Morgan fingerprint density at radius 2 is 1.40 bits per heavy atom. The Kier molecular flexibility index (Phi) is 9.79. The molecular weight excluding hydrogens is 508 g/mol. The molecule has 0 saturated heterocycles. The maximum Gasteiger partial charge on any atom is 0.411 e. The molecule has 0 bridgehead atoms. The van der Waals surface area contributed by atoms with Crippen LogP contribution >= 0.6 is 0 Å². The second-order valence-electron chi connectivity index (χ2n) is 9.63. The molecule has 8 heteroatoms. The first-order chi connectivity index (χ1) is 19.4. The summed E-state index contributed by atoms with van der Waals surface area (Å²) >= 11 is 0. The molecule has 0 saturated carbocycles. The maximum absolute atomic E-state index is 13.8. The van der Waals surface area contributed by atoms with Crippen molar-refractivity contribution in [3.63, 3.8) is 0 Å². The van der Waals surface area contributed by atoms with Gasteiger partial charge in [-0.25, -0.2) is 4.79 Å². The first-order valence-electron chi connectivity index (χ1n) is 13.6. The summed E-state index contributed by atoms with van der Waals surface area (Å²) in [6.45, 7) is 6.89. The Bertz CT molecular complexity index is 1240. The van der Waals surface area contributed by atoms with Gasteiger partial charge in [0.25, 0.3) is 0 Å². The van der Waals surface area contributed by atoms with Gasteiger partial charge in [0.1, 0.15) is 11.8 Å². The topological polar surface area (TPSA) is 77.5 Å². The SMILES string of the molecule is CCOC(CN(Cc1ccc(OC)cc1)C(=O)C(C)N(C)C(=O)OC1c2ccccc2-c2ccccc21)OCC. The van der Waals surface area contributed by atoms with E-state index in [9.17, 15) is 9.59 Å². The molecule has 1 aliphatic carbocycles. The molecule has 0 aliphatic heterocycles. The number of carbonyl (C=O) groups excluding carboxylic acids is 2. The number of hydrogen-bond acceptors (Lipinski definition) is 6. The van der Waals surface area contributed by atoms with E-state index >= 15 is 0 Å². The third-order valence-electron chi connectivity index (χ3n) is 7.14. The smallest absolute Gasteiger partial charge is 0.411 e. The van der Waals surface area contributed by atoms with E-state index in [1.807, 2.05) is 86.6 Å². The third-order valence-corrected chi connectivity index (χ3v) is 7.14. The fourth-order valence-electron chi connectivity index (χ4n) is 4.90. The molecule has 3 aromatic rings. The van der Waals surface area contributed by atoms with Crippen LogP contribution in [-0.4, -0.2) is 68.0 Å². The Morgan fingerprint density at radius 3 is 1.93 bits per heavy atom. The van der Waals surface area contributed by atoms with Gasteiger partial charge < -0.3 is 23.8 Å². The molecule has 0 heterocycles. The summed E-state index contributed by atoms with van der Waals surface area (Å²) in [5.41, 5.74) is 4.87. The summed E-state index contributed by atoms with van der Waals surface area (Å²) in [5.74, 6) is 0.487. The predicted molar refractivity (Wildman–Crippen MR) is 153 cm³/mol. The van der Waals surface area contributed by atoms with Gasteiger partial charge in [0, 0.05) is 37.9 Å². The zero-order valence-electron chi connectivity index (χ0n) is 23.8. The molecule has 3 aromatic carbocycles. The molecule has 1 atom stereocenters. The van der Waals surface area contributed by atoms with Gasteiger partial charge >= 0.3 is 6.09 Å². The molecule has 0 N–H and O–H groups in total. The van der Waals surface area contributed by atoms with Crippen molar-refractivity contribution in [2.75, 3.05) is 33.9 Å². The summed E-state index contributed by atoms with van der Waals surface area (Å²) in [6, 6.07) is 22.6. The number of hydrogen-bond donors (Lipinski definition) is 0. The lowest BCUT2D eigenvalue weighted by Crippen LogP contribution is -2.50. The molecule has 1 aliphatic rings. The normalized spacial score (nSPS) is 12.9. The predicted octanol–water partition coefficient (Wildman–Crippen LogP) is 5.65. The minimum absolute atomic E-state index is 0.211. The molecule has 0 radical (unpaired) electrons. The van der Waals surface area contributed by atoms with Crippen molar-refractivity contribution in [3.05, 3.63) is 89.5 Å². The zero-order valence-corrected chi connectivity index (χ0v) is 23.8. The van der Waals surface area contributed by atoms with Gasteiger partial charge in [-0.2, -0.15) is 0 Å². The Labute approximate surface area is 236 Å². The summed E-state index contributed by atoms with van der Waals surface area (Å²) in [7, 11) is 3.20. The largest absolute Gasteiger partial charge is 0.497 e. The van der Waals surface area contributed by atoms with E-state index in [4.69, 9.17) is 18.9 Å². The van der Waals surface area contributed by atoms with Crippen LogP contribution < -0.4 is 4.74 Å². The molecule has 1 unspecified atom stereocenters. The molecule has 0 spiro atoms. The van der Waals surface area contributed by atoms with Crippen LogP contribution in [0.4, 0.5) is 4.79 Å². The van der Waals surface area contributed by atoms with Crippen molar-refractivity contribution >= 4 is 12.0 Å². The Hall–Kier alpha value is -3.88. The van der Waals surface area contributed by atoms with Gasteiger partial charge in [0.2, 0.25) is 5.91 Å². The van der Waals surface area contributed by atoms with Gasteiger partial charge in [-0.15, -0.1) is 0 Å². The Morgan fingerprint density at radius 1 is 0.850 bits per heavy atom. The fourth-order valence-corrected chi connectivity index (χ4v) is 4.90. The molecule has 2 amide bonds. The number of benzene rings is 3. The van der Waals surface area contributed by atoms with Crippen molar-refractivity contribution in [1.29, 1.82) is 0 Å². The van der Waals surface area contributed by atoms with Crippen molar-refractivity contribution in [2.24, 2.45) is 0 Å². The van der Waals surface area contributed by atoms with Crippen molar-refractivity contribution in [3.8, 4) is 16.9 Å². The minimum atomic E-state index is -0.790. The quantitative estimate of drug-likeness (QED) is 0.273. The standard InChI is InChI=1S/C32H38N2O6/c1-6-38-29(39-7-2)21-34(20-23-16-18-24(37-5)19-17-23)31(35)22(3)33(4)32(36)40-30-27-14-10-8-12-25(27)26-13-9-11-15-28(26)30/h8-19,22,29-30H,6-7,20-21H2,1-5H3. The van der Waals surface area contributed by atoms with Crippen LogP contribution in [0.15, 0.2) is 72.8 Å². The number of likely N-dealkylation sites (N-methyl/N-ethyl adjacent to an activating group) is 1. The second-order valence-corrected chi connectivity index (χ2v) is 9.63. The van der Waals surface area contributed by atoms with Gasteiger partial charge in [-0.1, -0.05) is 60.7 Å². The van der Waals surface area contributed by atoms with Crippen LogP contribution in [0.1, 0.15) is 43.6 Å². The number of ether oxygens (including phenoxy) is 4. The van der Waals surface area contributed by atoms with Crippen LogP contribution in [0.25, 0.3) is 11.1 Å². The summed E-state index contributed by atoms with van der Waals surface area (Å²) < 4.78 is 22.8. The van der Waals surface area contributed by atoms with Crippen LogP contribution in [0.3, 0.4) is 0 Å². The summed E-state index contributed by atoms with van der Waals surface area (Å²) in [4.78, 5) is 30.3. The van der Waals surface area contributed by atoms with Gasteiger partial charge in [-0.3, -0.25) is 9.69 Å². The van der Waals surface area contributed by atoms with Crippen molar-refractivity contribution in [1.82, 2.24) is 9.80 Å². The van der Waals surface area contributed by atoms with Crippen molar-refractivity contribution < 1.29 is 28.5 Å². The third kappa shape index (κ3) is 6.46. The number of carbonyl (C=O) groups is 2.